The highest BCUT2D eigenvalue weighted by Gasteiger charge is 2.21. The van der Waals surface area contributed by atoms with Gasteiger partial charge in [-0.15, -0.1) is 0 Å². The highest BCUT2D eigenvalue weighted by molar-refractivity contribution is 6.06. The van der Waals surface area contributed by atoms with Crippen LogP contribution in [0.5, 0.6) is 0 Å². The van der Waals surface area contributed by atoms with Crippen LogP contribution < -0.4 is 10.6 Å². The highest BCUT2D eigenvalue weighted by Crippen LogP contribution is 2.18. The molecule has 1 amide bonds. The second kappa shape index (κ2) is 5.34. The second-order valence-corrected chi connectivity index (χ2v) is 5.12. The summed E-state index contributed by atoms with van der Waals surface area (Å²) >= 11 is 0. The summed E-state index contributed by atoms with van der Waals surface area (Å²) in [5, 5.41) is 6.30. The molecule has 0 aromatic carbocycles. The van der Waals surface area contributed by atoms with Crippen molar-refractivity contribution in [2.24, 2.45) is 4.99 Å². The summed E-state index contributed by atoms with van der Waals surface area (Å²) in [7, 11) is 0. The zero-order valence-electron chi connectivity index (χ0n) is 10.6. The summed E-state index contributed by atoms with van der Waals surface area (Å²) in [4.78, 5) is 16.3. The lowest BCUT2D eigenvalue weighted by Crippen LogP contribution is -2.34. The quantitative estimate of drug-likeness (QED) is 0.776. The van der Waals surface area contributed by atoms with Crippen molar-refractivity contribution < 1.29 is 4.79 Å². The lowest BCUT2D eigenvalue weighted by atomic mass is 10.2. The van der Waals surface area contributed by atoms with Crippen LogP contribution in [0.3, 0.4) is 0 Å². The van der Waals surface area contributed by atoms with Crippen LogP contribution in [0.2, 0.25) is 0 Å². The van der Waals surface area contributed by atoms with E-state index in [2.05, 4.69) is 29.5 Å². The number of carbonyl (C=O) groups excluding carboxylic acids is 1. The maximum atomic E-state index is 12.0. The third-order valence-corrected chi connectivity index (χ3v) is 3.15. The fraction of sp³-hybridized carbons (Fsp3) is 0.692. The number of amidine groups is 1. The van der Waals surface area contributed by atoms with E-state index in [4.69, 9.17) is 0 Å². The molecule has 0 bridgehead atoms. The van der Waals surface area contributed by atoms with Gasteiger partial charge in [0.2, 0.25) is 5.91 Å². The maximum Gasteiger partial charge on any atom is 0.249 e. The smallest absolute Gasteiger partial charge is 0.249 e. The van der Waals surface area contributed by atoms with Crippen LogP contribution in [0.25, 0.3) is 0 Å². The average Bonchev–Trinajstić information content (AvgIpc) is 2.87. The summed E-state index contributed by atoms with van der Waals surface area (Å²) < 4.78 is 0. The van der Waals surface area contributed by atoms with Gasteiger partial charge in [0.25, 0.3) is 0 Å². The molecule has 1 saturated carbocycles. The van der Waals surface area contributed by atoms with Crippen LogP contribution in [0.4, 0.5) is 0 Å². The number of nitrogens with one attached hydrogen (secondary N) is 2. The van der Waals surface area contributed by atoms with E-state index in [1.165, 1.54) is 12.8 Å². The molecule has 0 atom stereocenters. The molecule has 4 nitrogen and oxygen atoms in total. The van der Waals surface area contributed by atoms with E-state index in [9.17, 15) is 4.79 Å². The SMILES string of the molecule is CC(C)NC1=NCC(C(=O)NC2CCCC2)=C1. The van der Waals surface area contributed by atoms with Crippen LogP contribution >= 0.6 is 0 Å². The van der Waals surface area contributed by atoms with Gasteiger partial charge in [-0.3, -0.25) is 9.79 Å². The first-order valence-electron chi connectivity index (χ1n) is 6.47. The molecule has 2 N–H and O–H groups in total. The van der Waals surface area contributed by atoms with Crippen LogP contribution in [-0.4, -0.2) is 30.4 Å². The number of hydrogen-bond donors (Lipinski definition) is 2. The number of rotatable bonds is 3. The zero-order chi connectivity index (χ0) is 12.3. The van der Waals surface area contributed by atoms with Crippen molar-refractivity contribution in [3.63, 3.8) is 0 Å². The predicted molar refractivity (Wildman–Crippen MR) is 69.1 cm³/mol. The third kappa shape index (κ3) is 3.32. The Balaban J connectivity index is 1.85. The fourth-order valence-corrected chi connectivity index (χ4v) is 2.30. The number of carbonyl (C=O) groups is 1. The summed E-state index contributed by atoms with van der Waals surface area (Å²) in [6.07, 6.45) is 6.58. The standard InChI is InChI=1S/C13H21N3O/c1-9(2)15-12-7-10(8-14-12)13(17)16-11-5-3-4-6-11/h7,9,11H,3-6,8H2,1-2H3,(H,14,15)(H,16,17). The van der Waals surface area contributed by atoms with Crippen LogP contribution in [-0.2, 0) is 4.79 Å². The topological polar surface area (TPSA) is 53.5 Å². The van der Waals surface area contributed by atoms with Gasteiger partial charge in [-0.2, -0.15) is 0 Å². The molecular weight excluding hydrogens is 214 g/mol. The molecule has 1 fully saturated rings. The van der Waals surface area contributed by atoms with E-state index >= 15 is 0 Å². The van der Waals surface area contributed by atoms with E-state index in [0.29, 0.717) is 18.6 Å². The van der Waals surface area contributed by atoms with Crippen LogP contribution in [0, 0.1) is 0 Å². The molecule has 2 rings (SSSR count). The zero-order valence-corrected chi connectivity index (χ0v) is 10.6. The first kappa shape index (κ1) is 12.1. The van der Waals surface area contributed by atoms with E-state index in [-0.39, 0.29) is 5.91 Å². The number of hydrogen-bond acceptors (Lipinski definition) is 3. The van der Waals surface area contributed by atoms with Gasteiger partial charge in [-0.05, 0) is 32.8 Å². The van der Waals surface area contributed by atoms with E-state index in [1.54, 1.807) is 0 Å². The Bertz CT molecular complexity index is 352. The van der Waals surface area contributed by atoms with E-state index in [0.717, 1.165) is 24.3 Å². The molecule has 94 valence electrons. The maximum absolute atomic E-state index is 12.0. The van der Waals surface area contributed by atoms with Crippen molar-refractivity contribution >= 4 is 11.7 Å². The molecular formula is C13H21N3O. The molecule has 0 unspecified atom stereocenters. The first-order chi connectivity index (χ1) is 8.15. The normalized spacial score (nSPS) is 20.4. The molecule has 0 spiro atoms. The van der Waals surface area contributed by atoms with E-state index < -0.39 is 0 Å². The Morgan fingerprint density at radius 2 is 2.12 bits per heavy atom. The average molecular weight is 235 g/mol. The monoisotopic (exact) mass is 235 g/mol. The molecule has 4 heteroatoms. The predicted octanol–water partition coefficient (Wildman–Crippen LogP) is 1.38. The van der Waals surface area contributed by atoms with Gasteiger partial charge < -0.3 is 10.6 Å². The molecule has 1 aliphatic heterocycles. The van der Waals surface area contributed by atoms with Crippen molar-refractivity contribution in [2.45, 2.75) is 51.6 Å². The molecule has 1 heterocycles. The van der Waals surface area contributed by atoms with Crippen LogP contribution in [0.1, 0.15) is 39.5 Å². The molecule has 0 aromatic heterocycles. The fourth-order valence-electron chi connectivity index (χ4n) is 2.30. The second-order valence-electron chi connectivity index (χ2n) is 5.12. The van der Waals surface area contributed by atoms with Gasteiger partial charge in [0.05, 0.1) is 6.54 Å². The minimum Gasteiger partial charge on any atom is -0.368 e. The molecule has 0 aromatic rings. The Morgan fingerprint density at radius 1 is 1.41 bits per heavy atom. The molecule has 2 aliphatic rings. The minimum absolute atomic E-state index is 0.0567. The minimum atomic E-state index is 0.0567. The molecule has 17 heavy (non-hydrogen) atoms. The summed E-state index contributed by atoms with van der Waals surface area (Å²) in [5.74, 6) is 0.887. The molecule has 1 aliphatic carbocycles. The van der Waals surface area contributed by atoms with Crippen molar-refractivity contribution in [1.29, 1.82) is 0 Å². The Labute approximate surface area is 103 Å². The Morgan fingerprint density at radius 3 is 2.76 bits per heavy atom. The van der Waals surface area contributed by atoms with Gasteiger partial charge in [0, 0.05) is 17.7 Å². The summed E-state index contributed by atoms with van der Waals surface area (Å²) in [5.41, 5.74) is 0.778. The van der Waals surface area contributed by atoms with Crippen molar-refractivity contribution in [2.75, 3.05) is 6.54 Å². The summed E-state index contributed by atoms with van der Waals surface area (Å²) in [6, 6.07) is 0.729. The molecule has 0 saturated heterocycles. The van der Waals surface area contributed by atoms with Gasteiger partial charge in [0.15, 0.2) is 0 Å². The van der Waals surface area contributed by atoms with Crippen molar-refractivity contribution in [3.05, 3.63) is 11.6 Å². The number of aliphatic imine (C=N–C) groups is 1. The van der Waals surface area contributed by atoms with Gasteiger partial charge in [0.1, 0.15) is 5.84 Å². The first-order valence-corrected chi connectivity index (χ1v) is 6.47. The highest BCUT2D eigenvalue weighted by atomic mass is 16.1. The largest absolute Gasteiger partial charge is 0.368 e. The van der Waals surface area contributed by atoms with Crippen LogP contribution in [0.15, 0.2) is 16.6 Å². The van der Waals surface area contributed by atoms with Gasteiger partial charge in [-0.25, -0.2) is 0 Å². The van der Waals surface area contributed by atoms with Gasteiger partial charge in [-0.1, -0.05) is 12.8 Å². The lowest BCUT2D eigenvalue weighted by Gasteiger charge is -2.11. The van der Waals surface area contributed by atoms with E-state index in [1.807, 2.05) is 6.08 Å². The van der Waals surface area contributed by atoms with Crippen molar-refractivity contribution in [1.82, 2.24) is 10.6 Å². The Kier molecular flexibility index (Phi) is 3.82. The van der Waals surface area contributed by atoms with Gasteiger partial charge >= 0.3 is 0 Å². The summed E-state index contributed by atoms with van der Waals surface area (Å²) in [6.45, 7) is 4.63. The Hall–Kier alpha value is -1.32. The number of nitrogens with zero attached hydrogens (tertiary/aromatic N) is 1. The molecule has 0 radical (unpaired) electrons. The number of amides is 1. The van der Waals surface area contributed by atoms with Crippen molar-refractivity contribution in [3.8, 4) is 0 Å². The third-order valence-electron chi connectivity index (χ3n) is 3.15. The lowest BCUT2D eigenvalue weighted by molar-refractivity contribution is -0.118.